The third-order valence-electron chi connectivity index (χ3n) is 3.83. The van der Waals surface area contributed by atoms with Crippen LogP contribution in [-0.4, -0.2) is 19.6 Å². The highest BCUT2D eigenvalue weighted by Crippen LogP contribution is 2.32. The van der Waals surface area contributed by atoms with Crippen LogP contribution in [0.4, 0.5) is 5.69 Å². The van der Waals surface area contributed by atoms with Crippen LogP contribution in [0.2, 0.25) is 0 Å². The first-order chi connectivity index (χ1) is 8.76. The molecule has 0 saturated heterocycles. The topological polar surface area (TPSA) is 15.3 Å². The predicted octanol–water partition coefficient (Wildman–Crippen LogP) is 3.94. The number of nitrogens with one attached hydrogen (secondary N) is 1. The maximum absolute atomic E-state index is 3.61. The minimum Gasteiger partial charge on any atom is -0.369 e. The van der Waals surface area contributed by atoms with Crippen molar-refractivity contribution in [2.45, 2.75) is 45.2 Å². The van der Waals surface area contributed by atoms with Crippen molar-refractivity contribution in [3.05, 3.63) is 28.2 Å². The van der Waals surface area contributed by atoms with E-state index >= 15 is 0 Å². The molecular weight excluding hydrogens is 288 g/mol. The molecule has 100 valence electrons. The maximum Gasteiger partial charge on any atom is 0.0425 e. The van der Waals surface area contributed by atoms with Gasteiger partial charge in [0.25, 0.3) is 0 Å². The summed E-state index contributed by atoms with van der Waals surface area (Å²) >= 11 is 3.61. The van der Waals surface area contributed by atoms with Crippen LogP contribution < -0.4 is 10.2 Å². The first-order valence-corrected chi connectivity index (χ1v) is 7.75. The Balaban J connectivity index is 2.29. The van der Waals surface area contributed by atoms with E-state index in [4.69, 9.17) is 0 Å². The molecule has 0 atom stereocenters. The van der Waals surface area contributed by atoms with Crippen LogP contribution in [0, 0.1) is 0 Å². The number of nitrogens with zero attached hydrogens (tertiary/aromatic N) is 1. The monoisotopic (exact) mass is 310 g/mol. The van der Waals surface area contributed by atoms with Crippen molar-refractivity contribution in [1.82, 2.24) is 5.32 Å². The van der Waals surface area contributed by atoms with Gasteiger partial charge in [-0.3, -0.25) is 0 Å². The third kappa shape index (κ3) is 3.07. The van der Waals surface area contributed by atoms with Crippen molar-refractivity contribution < 1.29 is 0 Å². The van der Waals surface area contributed by atoms with Crippen LogP contribution in [0.25, 0.3) is 0 Å². The molecule has 3 heteroatoms. The van der Waals surface area contributed by atoms with E-state index in [1.807, 2.05) is 7.05 Å². The zero-order chi connectivity index (χ0) is 13.0. The molecule has 1 aliphatic rings. The smallest absolute Gasteiger partial charge is 0.0425 e. The van der Waals surface area contributed by atoms with Gasteiger partial charge in [-0.25, -0.2) is 0 Å². The fourth-order valence-electron chi connectivity index (χ4n) is 2.99. The van der Waals surface area contributed by atoms with Gasteiger partial charge in [-0.05, 0) is 44.5 Å². The molecule has 1 fully saturated rings. The number of anilines is 1. The Hall–Kier alpha value is -0.540. The molecule has 1 aliphatic carbocycles. The van der Waals surface area contributed by atoms with Gasteiger partial charge >= 0.3 is 0 Å². The van der Waals surface area contributed by atoms with Crippen LogP contribution in [0.1, 0.15) is 38.2 Å². The lowest BCUT2D eigenvalue weighted by Crippen LogP contribution is -2.34. The summed E-state index contributed by atoms with van der Waals surface area (Å²) in [5.74, 6) is 0. The maximum atomic E-state index is 3.61. The summed E-state index contributed by atoms with van der Waals surface area (Å²) in [6.07, 6.45) is 5.46. The summed E-state index contributed by atoms with van der Waals surface area (Å²) in [6.45, 7) is 4.30. The van der Waals surface area contributed by atoms with E-state index in [0.29, 0.717) is 0 Å². The van der Waals surface area contributed by atoms with Crippen LogP contribution in [0.5, 0.6) is 0 Å². The standard InChI is InChI=1S/C15H23BrN2/c1-3-18(14-6-4-5-7-14)15-10-13(16)9-8-12(15)11-17-2/h8-10,14,17H,3-7,11H2,1-2H3. The Labute approximate surface area is 119 Å². The molecular formula is C15H23BrN2. The Morgan fingerprint density at radius 2 is 2.06 bits per heavy atom. The van der Waals surface area contributed by atoms with Gasteiger partial charge in [-0.2, -0.15) is 0 Å². The quantitative estimate of drug-likeness (QED) is 0.886. The van der Waals surface area contributed by atoms with Gasteiger partial charge in [0.15, 0.2) is 0 Å². The van der Waals surface area contributed by atoms with Gasteiger partial charge in [0, 0.05) is 29.3 Å². The summed E-state index contributed by atoms with van der Waals surface area (Å²) in [7, 11) is 2.01. The second-order valence-corrected chi connectivity index (χ2v) is 5.94. The average Bonchev–Trinajstić information content (AvgIpc) is 2.87. The lowest BCUT2D eigenvalue weighted by atomic mass is 10.1. The van der Waals surface area contributed by atoms with Crippen molar-refractivity contribution in [2.24, 2.45) is 0 Å². The number of hydrogen-bond donors (Lipinski definition) is 1. The summed E-state index contributed by atoms with van der Waals surface area (Å²) in [6, 6.07) is 7.38. The van der Waals surface area contributed by atoms with Crippen molar-refractivity contribution >= 4 is 21.6 Å². The summed E-state index contributed by atoms with van der Waals surface area (Å²) in [5, 5.41) is 3.27. The van der Waals surface area contributed by atoms with Crippen molar-refractivity contribution in [2.75, 3.05) is 18.5 Å². The molecule has 18 heavy (non-hydrogen) atoms. The van der Waals surface area contributed by atoms with E-state index in [1.165, 1.54) is 41.4 Å². The van der Waals surface area contributed by atoms with Gasteiger partial charge in [-0.1, -0.05) is 34.8 Å². The fraction of sp³-hybridized carbons (Fsp3) is 0.600. The third-order valence-corrected chi connectivity index (χ3v) is 4.32. The molecule has 0 bridgehead atoms. The van der Waals surface area contributed by atoms with E-state index in [9.17, 15) is 0 Å². The fourth-order valence-corrected chi connectivity index (χ4v) is 3.33. The van der Waals surface area contributed by atoms with Gasteiger partial charge in [0.1, 0.15) is 0 Å². The van der Waals surface area contributed by atoms with Crippen LogP contribution in [-0.2, 0) is 6.54 Å². The highest BCUT2D eigenvalue weighted by molar-refractivity contribution is 9.10. The Morgan fingerprint density at radius 1 is 1.33 bits per heavy atom. The highest BCUT2D eigenvalue weighted by atomic mass is 79.9. The highest BCUT2D eigenvalue weighted by Gasteiger charge is 2.23. The SMILES string of the molecule is CCN(c1cc(Br)ccc1CNC)C1CCCC1. The molecule has 0 radical (unpaired) electrons. The molecule has 1 saturated carbocycles. The number of rotatable bonds is 5. The lowest BCUT2D eigenvalue weighted by molar-refractivity contribution is 0.615. The molecule has 1 N–H and O–H groups in total. The van der Waals surface area contributed by atoms with Gasteiger partial charge < -0.3 is 10.2 Å². The molecule has 1 aromatic carbocycles. The molecule has 0 amide bonds. The van der Waals surface area contributed by atoms with Crippen molar-refractivity contribution in [1.29, 1.82) is 0 Å². The molecule has 2 nitrogen and oxygen atoms in total. The first kappa shape index (κ1) is 13.9. The summed E-state index contributed by atoms with van der Waals surface area (Å²) < 4.78 is 1.17. The zero-order valence-electron chi connectivity index (χ0n) is 11.4. The zero-order valence-corrected chi connectivity index (χ0v) is 13.0. The van der Waals surface area contributed by atoms with Crippen LogP contribution in [0.15, 0.2) is 22.7 Å². The predicted molar refractivity (Wildman–Crippen MR) is 82.2 cm³/mol. The number of hydrogen-bond acceptors (Lipinski definition) is 2. The van der Waals surface area contributed by atoms with Crippen LogP contribution >= 0.6 is 15.9 Å². The van der Waals surface area contributed by atoms with E-state index in [1.54, 1.807) is 0 Å². The first-order valence-electron chi connectivity index (χ1n) is 6.96. The van der Waals surface area contributed by atoms with Gasteiger partial charge in [-0.15, -0.1) is 0 Å². The molecule has 0 spiro atoms. The second-order valence-electron chi connectivity index (χ2n) is 5.03. The molecule has 1 aromatic rings. The van der Waals surface area contributed by atoms with Crippen molar-refractivity contribution in [3.8, 4) is 0 Å². The molecule has 0 unspecified atom stereocenters. The largest absolute Gasteiger partial charge is 0.369 e. The average molecular weight is 311 g/mol. The van der Waals surface area contributed by atoms with Gasteiger partial charge in [0.2, 0.25) is 0 Å². The minimum absolute atomic E-state index is 0.736. The summed E-state index contributed by atoms with van der Waals surface area (Å²) in [5.41, 5.74) is 2.79. The van der Waals surface area contributed by atoms with E-state index in [-0.39, 0.29) is 0 Å². The van der Waals surface area contributed by atoms with Gasteiger partial charge in [0.05, 0.1) is 0 Å². The van der Waals surface area contributed by atoms with Crippen LogP contribution in [0.3, 0.4) is 0 Å². The molecule has 0 heterocycles. The Morgan fingerprint density at radius 3 is 2.67 bits per heavy atom. The van der Waals surface area contributed by atoms with E-state index in [2.05, 4.69) is 51.3 Å². The molecule has 2 rings (SSSR count). The normalized spacial score (nSPS) is 16.2. The summed E-state index contributed by atoms with van der Waals surface area (Å²) in [4.78, 5) is 2.59. The second kappa shape index (κ2) is 6.58. The Bertz CT molecular complexity index is 386. The van der Waals surface area contributed by atoms with Crippen molar-refractivity contribution in [3.63, 3.8) is 0 Å². The number of halogens is 1. The number of benzene rings is 1. The van der Waals surface area contributed by atoms with E-state index < -0.39 is 0 Å². The molecule has 0 aromatic heterocycles. The lowest BCUT2D eigenvalue weighted by Gasteiger charge is -2.32. The minimum atomic E-state index is 0.736. The molecule has 0 aliphatic heterocycles. The Kier molecular flexibility index (Phi) is 5.07. The van der Waals surface area contributed by atoms with E-state index in [0.717, 1.165) is 19.1 Å².